The summed E-state index contributed by atoms with van der Waals surface area (Å²) >= 11 is 4.79. The predicted octanol–water partition coefficient (Wildman–Crippen LogP) is 2.36. The van der Waals surface area contributed by atoms with Crippen LogP contribution in [0.3, 0.4) is 0 Å². The average Bonchev–Trinajstić information content (AvgIpc) is 2.60. The number of nitro benzene ring substituents is 1. The van der Waals surface area contributed by atoms with Crippen molar-refractivity contribution in [1.82, 2.24) is 9.71 Å². The van der Waals surface area contributed by atoms with Gasteiger partial charge in [-0.2, -0.15) is 4.73 Å². The Kier molecular flexibility index (Phi) is 2.45. The van der Waals surface area contributed by atoms with Crippen LogP contribution in [0.2, 0.25) is 0 Å². The van der Waals surface area contributed by atoms with Gasteiger partial charge in [-0.05, 0) is 24.4 Å². The Labute approximate surface area is 94.9 Å². The van der Waals surface area contributed by atoms with E-state index in [9.17, 15) is 15.3 Å². The standard InChI is InChI=1S/C9H7N3O3S/c13-11-8(5-10-9(11)16)6-1-3-7(4-2-6)12(14)15/h1-5,13H,(H,10,16). The molecule has 2 aromatic rings. The summed E-state index contributed by atoms with van der Waals surface area (Å²) in [5.74, 6) is 0. The summed E-state index contributed by atoms with van der Waals surface area (Å²) in [4.78, 5) is 12.6. The highest BCUT2D eigenvalue weighted by Gasteiger charge is 2.08. The number of benzene rings is 1. The lowest BCUT2D eigenvalue weighted by Crippen LogP contribution is -1.93. The Balaban J connectivity index is 2.46. The number of nitrogens with zero attached hydrogens (tertiary/aromatic N) is 2. The van der Waals surface area contributed by atoms with Gasteiger partial charge in [-0.3, -0.25) is 10.1 Å². The molecule has 1 heterocycles. The number of aromatic nitrogens is 2. The van der Waals surface area contributed by atoms with Gasteiger partial charge in [0.2, 0.25) is 4.77 Å². The molecule has 6 nitrogen and oxygen atoms in total. The third-order valence-electron chi connectivity index (χ3n) is 2.13. The van der Waals surface area contributed by atoms with Crippen molar-refractivity contribution in [3.05, 3.63) is 45.3 Å². The van der Waals surface area contributed by atoms with Gasteiger partial charge >= 0.3 is 0 Å². The minimum absolute atomic E-state index is 0.00220. The first kappa shape index (κ1) is 10.4. The van der Waals surface area contributed by atoms with Crippen molar-refractivity contribution in [2.24, 2.45) is 0 Å². The molecule has 0 saturated heterocycles. The highest BCUT2D eigenvalue weighted by Crippen LogP contribution is 2.21. The number of nitrogens with one attached hydrogen (secondary N) is 1. The maximum Gasteiger partial charge on any atom is 0.269 e. The number of non-ortho nitro benzene ring substituents is 1. The smallest absolute Gasteiger partial charge is 0.269 e. The molecule has 0 bridgehead atoms. The van der Waals surface area contributed by atoms with Crippen molar-refractivity contribution in [3.8, 4) is 11.3 Å². The Morgan fingerprint density at radius 2 is 2.00 bits per heavy atom. The molecule has 2 N–H and O–H groups in total. The molecule has 1 aromatic carbocycles. The fourth-order valence-corrected chi connectivity index (χ4v) is 1.48. The van der Waals surface area contributed by atoms with Gasteiger partial charge in [-0.25, -0.2) is 0 Å². The second-order valence-electron chi connectivity index (χ2n) is 3.09. The maximum absolute atomic E-state index is 10.4. The molecule has 16 heavy (non-hydrogen) atoms. The molecule has 1 aromatic heterocycles. The number of aromatic amines is 1. The molecule has 0 unspecified atom stereocenters. The van der Waals surface area contributed by atoms with Crippen LogP contribution < -0.4 is 0 Å². The Hall–Kier alpha value is -2.15. The molecular weight excluding hydrogens is 230 g/mol. The highest BCUT2D eigenvalue weighted by molar-refractivity contribution is 7.71. The molecule has 7 heteroatoms. The Morgan fingerprint density at radius 1 is 1.38 bits per heavy atom. The van der Waals surface area contributed by atoms with Gasteiger partial charge in [0.25, 0.3) is 5.69 Å². The minimum atomic E-state index is -0.480. The molecule has 82 valence electrons. The summed E-state index contributed by atoms with van der Waals surface area (Å²) in [6.07, 6.45) is 1.53. The first-order valence-corrected chi connectivity index (χ1v) is 4.75. The molecule has 0 fully saturated rings. The Morgan fingerprint density at radius 3 is 2.44 bits per heavy atom. The first-order valence-electron chi connectivity index (χ1n) is 4.34. The monoisotopic (exact) mass is 237 g/mol. The van der Waals surface area contributed by atoms with E-state index in [2.05, 4.69) is 4.98 Å². The van der Waals surface area contributed by atoms with Gasteiger partial charge in [0.05, 0.1) is 4.92 Å². The summed E-state index contributed by atoms with van der Waals surface area (Å²) < 4.78 is 0.990. The summed E-state index contributed by atoms with van der Waals surface area (Å²) in [6.45, 7) is 0. The zero-order chi connectivity index (χ0) is 11.7. The molecular formula is C9H7N3O3S. The first-order chi connectivity index (χ1) is 7.59. The van der Waals surface area contributed by atoms with Crippen molar-refractivity contribution in [2.75, 3.05) is 0 Å². The maximum atomic E-state index is 10.4. The molecule has 0 amide bonds. The van der Waals surface area contributed by atoms with Crippen LogP contribution in [0, 0.1) is 14.9 Å². The van der Waals surface area contributed by atoms with Crippen LogP contribution >= 0.6 is 12.2 Å². The second-order valence-corrected chi connectivity index (χ2v) is 3.48. The lowest BCUT2D eigenvalue weighted by atomic mass is 10.1. The largest absolute Gasteiger partial charge is 0.426 e. The van der Waals surface area contributed by atoms with Crippen LogP contribution in [0.1, 0.15) is 0 Å². The SMILES string of the molecule is O=[N+]([O-])c1ccc(-c2c[nH]c(=S)n2O)cc1. The summed E-state index contributed by atoms with van der Waals surface area (Å²) in [7, 11) is 0. The van der Waals surface area contributed by atoms with E-state index in [0.717, 1.165) is 4.73 Å². The van der Waals surface area contributed by atoms with Gasteiger partial charge in [0.1, 0.15) is 5.69 Å². The zero-order valence-corrected chi connectivity index (χ0v) is 8.77. The average molecular weight is 237 g/mol. The molecule has 0 spiro atoms. The number of nitro groups is 1. The lowest BCUT2D eigenvalue weighted by molar-refractivity contribution is -0.384. The number of hydrogen-bond acceptors (Lipinski definition) is 4. The van der Waals surface area contributed by atoms with Gasteiger partial charge in [-0.1, -0.05) is 0 Å². The number of hydrogen-bond donors (Lipinski definition) is 2. The zero-order valence-electron chi connectivity index (χ0n) is 7.95. The van der Waals surface area contributed by atoms with E-state index in [0.29, 0.717) is 11.3 Å². The summed E-state index contributed by atoms with van der Waals surface area (Å²) in [5.41, 5.74) is 1.10. The van der Waals surface area contributed by atoms with E-state index < -0.39 is 4.92 Å². The van der Waals surface area contributed by atoms with Crippen molar-refractivity contribution in [2.45, 2.75) is 0 Å². The summed E-state index contributed by atoms with van der Waals surface area (Å²) in [5, 5.41) is 20.0. The van der Waals surface area contributed by atoms with E-state index in [-0.39, 0.29) is 10.5 Å². The topological polar surface area (TPSA) is 84.1 Å². The minimum Gasteiger partial charge on any atom is -0.426 e. The highest BCUT2D eigenvalue weighted by atomic mass is 32.1. The predicted molar refractivity (Wildman–Crippen MR) is 58.9 cm³/mol. The van der Waals surface area contributed by atoms with Crippen LogP contribution in [0.15, 0.2) is 30.5 Å². The number of rotatable bonds is 2. The van der Waals surface area contributed by atoms with Crippen LogP contribution in [0.5, 0.6) is 0 Å². The van der Waals surface area contributed by atoms with Crippen molar-refractivity contribution < 1.29 is 10.1 Å². The van der Waals surface area contributed by atoms with Crippen molar-refractivity contribution in [3.63, 3.8) is 0 Å². The molecule has 2 rings (SSSR count). The van der Waals surface area contributed by atoms with Crippen LogP contribution in [-0.2, 0) is 0 Å². The van der Waals surface area contributed by atoms with Gasteiger partial charge in [0, 0.05) is 23.9 Å². The van der Waals surface area contributed by atoms with Gasteiger partial charge in [0.15, 0.2) is 0 Å². The fourth-order valence-electron chi connectivity index (χ4n) is 1.32. The third-order valence-corrected chi connectivity index (χ3v) is 2.42. The number of imidazole rings is 1. The lowest BCUT2D eigenvalue weighted by Gasteiger charge is -2.00. The summed E-state index contributed by atoms with van der Waals surface area (Å²) in [6, 6.07) is 5.82. The van der Waals surface area contributed by atoms with Crippen LogP contribution in [0.25, 0.3) is 11.3 Å². The molecule has 0 saturated carbocycles. The van der Waals surface area contributed by atoms with Crippen molar-refractivity contribution >= 4 is 17.9 Å². The second kappa shape index (κ2) is 3.78. The van der Waals surface area contributed by atoms with Crippen LogP contribution in [-0.4, -0.2) is 19.8 Å². The third kappa shape index (κ3) is 1.68. The van der Waals surface area contributed by atoms with Gasteiger partial charge < -0.3 is 10.2 Å². The molecule has 0 radical (unpaired) electrons. The quantitative estimate of drug-likeness (QED) is 0.363. The van der Waals surface area contributed by atoms with Crippen molar-refractivity contribution in [1.29, 1.82) is 0 Å². The normalized spacial score (nSPS) is 10.2. The number of H-pyrrole nitrogens is 1. The molecule has 0 aliphatic carbocycles. The van der Waals surface area contributed by atoms with E-state index >= 15 is 0 Å². The van der Waals surface area contributed by atoms with E-state index in [1.165, 1.54) is 18.3 Å². The van der Waals surface area contributed by atoms with E-state index in [4.69, 9.17) is 12.2 Å². The van der Waals surface area contributed by atoms with Gasteiger partial charge in [-0.15, -0.1) is 0 Å². The molecule has 0 aliphatic rings. The fraction of sp³-hybridized carbons (Fsp3) is 0. The molecule has 0 atom stereocenters. The molecule has 0 aliphatic heterocycles. The van der Waals surface area contributed by atoms with E-state index in [1.54, 1.807) is 12.1 Å². The van der Waals surface area contributed by atoms with E-state index in [1.807, 2.05) is 0 Å². The Bertz CT molecular complexity index is 585. The van der Waals surface area contributed by atoms with Crippen LogP contribution in [0.4, 0.5) is 5.69 Å².